The molecule has 33 heavy (non-hydrogen) atoms. The lowest BCUT2D eigenvalue weighted by Crippen LogP contribution is -2.32. The lowest BCUT2D eigenvalue weighted by molar-refractivity contribution is -0.140. The fraction of sp³-hybridized carbons (Fsp3) is 0.320. The van der Waals surface area contributed by atoms with Crippen molar-refractivity contribution in [3.63, 3.8) is 0 Å². The number of aromatic nitrogens is 2. The lowest BCUT2D eigenvalue weighted by Gasteiger charge is -2.28. The summed E-state index contributed by atoms with van der Waals surface area (Å²) in [4.78, 5) is 18.6. The van der Waals surface area contributed by atoms with E-state index in [1.54, 1.807) is 6.20 Å². The van der Waals surface area contributed by atoms with Crippen molar-refractivity contribution < 1.29 is 9.53 Å². The summed E-state index contributed by atoms with van der Waals surface area (Å²) in [6.45, 7) is 6.73. The second-order valence-corrected chi connectivity index (χ2v) is 9.06. The summed E-state index contributed by atoms with van der Waals surface area (Å²) in [6, 6.07) is 13.7. The van der Waals surface area contributed by atoms with Crippen LogP contribution in [0.3, 0.4) is 0 Å². The first-order chi connectivity index (χ1) is 15.8. The van der Waals surface area contributed by atoms with Gasteiger partial charge in [-0.2, -0.15) is 0 Å². The van der Waals surface area contributed by atoms with Gasteiger partial charge in [-0.25, -0.2) is 0 Å². The van der Waals surface area contributed by atoms with Gasteiger partial charge in [0, 0.05) is 34.8 Å². The number of nitrogens with zero attached hydrogens (tertiary/aromatic N) is 3. The van der Waals surface area contributed by atoms with Crippen molar-refractivity contribution >= 4 is 34.9 Å². The van der Waals surface area contributed by atoms with Crippen molar-refractivity contribution in [3.05, 3.63) is 81.9 Å². The Balaban J connectivity index is 1.82. The second-order valence-electron chi connectivity index (χ2n) is 8.24. The Morgan fingerprint density at radius 3 is 2.70 bits per heavy atom. The average molecular weight is 483 g/mol. The maximum Gasteiger partial charge on any atom is 0.307 e. The summed E-state index contributed by atoms with van der Waals surface area (Å²) >= 11 is 12.0. The zero-order valence-corrected chi connectivity index (χ0v) is 20.7. The van der Waals surface area contributed by atoms with E-state index in [4.69, 9.17) is 28.6 Å². The molecule has 6 nitrogen and oxygen atoms in total. The lowest BCUT2D eigenvalue weighted by atomic mass is 9.96. The Hall–Kier alpha value is -2.90. The summed E-state index contributed by atoms with van der Waals surface area (Å²) in [5, 5.41) is 4.73. The molecule has 1 saturated heterocycles. The number of rotatable bonds is 6. The van der Waals surface area contributed by atoms with E-state index in [0.29, 0.717) is 16.7 Å². The van der Waals surface area contributed by atoms with Crippen LogP contribution in [0, 0.1) is 20.8 Å². The molecular weight excluding hydrogens is 456 g/mol. The topological polar surface area (TPSA) is 59.4 Å². The van der Waals surface area contributed by atoms with E-state index in [0.717, 1.165) is 33.9 Å². The quantitative estimate of drug-likeness (QED) is 0.394. The summed E-state index contributed by atoms with van der Waals surface area (Å²) in [6.07, 6.45) is 2.03. The molecule has 3 heterocycles. The third-order valence-corrected chi connectivity index (χ3v) is 6.77. The Labute approximate surface area is 204 Å². The molecule has 1 N–H and O–H groups in total. The number of halogens is 1. The Kier molecular flexibility index (Phi) is 6.72. The minimum absolute atomic E-state index is 0.128. The normalized spacial score (nSPS) is 17.8. The van der Waals surface area contributed by atoms with Gasteiger partial charge in [-0.15, -0.1) is 0 Å². The highest BCUT2D eigenvalue weighted by Crippen LogP contribution is 2.41. The minimum atomic E-state index is -0.266. The molecule has 3 aromatic rings. The van der Waals surface area contributed by atoms with Gasteiger partial charge in [0.2, 0.25) is 0 Å². The van der Waals surface area contributed by atoms with Crippen molar-refractivity contribution in [3.8, 4) is 5.69 Å². The summed E-state index contributed by atoms with van der Waals surface area (Å²) in [7, 11) is 1.40. The van der Waals surface area contributed by atoms with Crippen molar-refractivity contribution in [1.82, 2.24) is 19.8 Å². The molecule has 1 aliphatic heterocycles. The Morgan fingerprint density at radius 1 is 1.21 bits per heavy atom. The highest BCUT2D eigenvalue weighted by molar-refractivity contribution is 7.80. The van der Waals surface area contributed by atoms with Gasteiger partial charge in [-0.05, 0) is 74.4 Å². The fourth-order valence-electron chi connectivity index (χ4n) is 4.58. The molecule has 2 aromatic heterocycles. The zero-order chi connectivity index (χ0) is 23.7. The van der Waals surface area contributed by atoms with Gasteiger partial charge >= 0.3 is 5.97 Å². The Morgan fingerprint density at radius 2 is 2.00 bits per heavy atom. The smallest absolute Gasteiger partial charge is 0.307 e. The predicted octanol–water partition coefficient (Wildman–Crippen LogP) is 4.99. The van der Waals surface area contributed by atoms with Crippen LogP contribution < -0.4 is 5.32 Å². The van der Waals surface area contributed by atoms with Gasteiger partial charge in [-0.1, -0.05) is 23.7 Å². The summed E-state index contributed by atoms with van der Waals surface area (Å²) < 4.78 is 7.10. The van der Waals surface area contributed by atoms with E-state index in [2.05, 4.69) is 46.6 Å². The maximum atomic E-state index is 11.9. The third kappa shape index (κ3) is 4.48. The number of methoxy groups -OCH3 is 1. The molecule has 2 atom stereocenters. The zero-order valence-electron chi connectivity index (χ0n) is 19.1. The first kappa shape index (κ1) is 23.3. The maximum absolute atomic E-state index is 11.9. The van der Waals surface area contributed by atoms with Gasteiger partial charge in [0.25, 0.3) is 0 Å². The van der Waals surface area contributed by atoms with Gasteiger partial charge < -0.3 is 19.5 Å². The highest BCUT2D eigenvalue weighted by Gasteiger charge is 2.41. The molecule has 1 aliphatic rings. The molecule has 0 bridgehead atoms. The van der Waals surface area contributed by atoms with E-state index >= 15 is 0 Å². The number of aryl methyl sites for hydroxylation is 2. The van der Waals surface area contributed by atoms with Crippen molar-refractivity contribution in [2.75, 3.05) is 13.7 Å². The van der Waals surface area contributed by atoms with Crippen molar-refractivity contribution in [1.29, 1.82) is 0 Å². The minimum Gasteiger partial charge on any atom is -0.469 e. The van der Waals surface area contributed by atoms with Crippen LogP contribution in [0.1, 0.15) is 46.7 Å². The molecule has 0 amide bonds. The molecule has 0 radical (unpaired) electrons. The first-order valence-electron chi connectivity index (χ1n) is 10.8. The van der Waals surface area contributed by atoms with E-state index in [1.165, 1.54) is 7.11 Å². The van der Waals surface area contributed by atoms with E-state index in [-0.39, 0.29) is 24.5 Å². The van der Waals surface area contributed by atoms with Crippen LogP contribution in [-0.4, -0.2) is 39.2 Å². The van der Waals surface area contributed by atoms with Crippen LogP contribution in [-0.2, 0) is 9.53 Å². The molecular formula is C25H27ClN4O2S. The van der Waals surface area contributed by atoms with Crippen LogP contribution in [0.4, 0.5) is 0 Å². The number of thiocarbonyl (C=S) groups is 1. The molecule has 1 aromatic carbocycles. The van der Waals surface area contributed by atoms with E-state index in [1.807, 2.05) is 36.4 Å². The Bertz CT molecular complexity index is 1190. The van der Waals surface area contributed by atoms with Crippen molar-refractivity contribution in [2.24, 2.45) is 0 Å². The average Bonchev–Trinajstić information content (AvgIpc) is 3.29. The van der Waals surface area contributed by atoms with E-state index in [9.17, 15) is 4.79 Å². The largest absolute Gasteiger partial charge is 0.469 e. The van der Waals surface area contributed by atoms with Gasteiger partial charge in [0.1, 0.15) is 0 Å². The number of hydrogen-bond donors (Lipinski definition) is 1. The number of ether oxygens (including phenoxy) is 1. The highest BCUT2D eigenvalue weighted by atomic mass is 35.5. The van der Waals surface area contributed by atoms with Gasteiger partial charge in [-0.3, -0.25) is 9.78 Å². The number of esters is 1. The van der Waals surface area contributed by atoms with Crippen LogP contribution >= 0.6 is 23.8 Å². The number of pyridine rings is 1. The first-order valence-corrected chi connectivity index (χ1v) is 11.6. The SMILES string of the molecule is COC(=O)CCN1C(=S)N[C@H](c2ccccn2)[C@H]1c1cc(C)n(-c2cc(Cl)ccc2C)c1C. The van der Waals surface area contributed by atoms with Crippen LogP contribution in [0.2, 0.25) is 5.02 Å². The molecule has 0 aliphatic carbocycles. The van der Waals surface area contributed by atoms with E-state index < -0.39 is 0 Å². The van der Waals surface area contributed by atoms with Gasteiger partial charge in [0.15, 0.2) is 5.11 Å². The molecule has 0 saturated carbocycles. The molecule has 1 fully saturated rings. The van der Waals surface area contributed by atoms with Crippen LogP contribution in [0.25, 0.3) is 5.69 Å². The number of carbonyl (C=O) groups excluding carboxylic acids is 1. The van der Waals surface area contributed by atoms with Crippen molar-refractivity contribution in [2.45, 2.75) is 39.3 Å². The number of carbonyl (C=O) groups is 1. The monoisotopic (exact) mass is 482 g/mol. The van der Waals surface area contributed by atoms with Gasteiger partial charge in [0.05, 0.1) is 31.3 Å². The third-order valence-electron chi connectivity index (χ3n) is 6.18. The second kappa shape index (κ2) is 9.53. The molecule has 8 heteroatoms. The number of nitrogens with one attached hydrogen (secondary N) is 1. The molecule has 0 spiro atoms. The standard InChI is InChI=1S/C25H27ClN4O2S/c1-15-8-9-18(26)14-21(15)30-16(2)13-19(17(30)3)24-23(20-7-5-6-11-27-20)28-25(33)29(24)12-10-22(31)32-4/h5-9,11,13-14,23-24H,10,12H2,1-4H3,(H,28,33)/t23-,24-/m1/s1. The van der Waals surface area contributed by atoms with Crippen LogP contribution in [0.15, 0.2) is 48.7 Å². The molecule has 172 valence electrons. The summed E-state index contributed by atoms with van der Waals surface area (Å²) in [5.74, 6) is -0.266. The number of hydrogen-bond acceptors (Lipinski definition) is 4. The fourth-order valence-corrected chi connectivity index (χ4v) is 5.08. The summed E-state index contributed by atoms with van der Waals surface area (Å²) in [5.41, 5.74) is 6.40. The number of benzene rings is 1. The molecule has 4 rings (SSSR count). The predicted molar refractivity (Wildman–Crippen MR) is 134 cm³/mol. The van der Waals surface area contributed by atoms with Crippen LogP contribution in [0.5, 0.6) is 0 Å². The molecule has 0 unspecified atom stereocenters.